The molecule has 1 heterocycles. The quantitative estimate of drug-likeness (QED) is 0.670. The summed E-state index contributed by atoms with van der Waals surface area (Å²) in [5.74, 6) is -0.300. The minimum absolute atomic E-state index is 0.153. The first kappa shape index (κ1) is 20.2. The zero-order valence-electron chi connectivity index (χ0n) is 15.9. The van der Waals surface area contributed by atoms with Crippen molar-refractivity contribution in [1.29, 1.82) is 0 Å². The lowest BCUT2D eigenvalue weighted by Gasteiger charge is -2.33. The molecule has 0 radical (unpaired) electrons. The summed E-state index contributed by atoms with van der Waals surface area (Å²) in [4.78, 5) is 26.7. The van der Waals surface area contributed by atoms with Gasteiger partial charge in [-0.1, -0.05) is 35.9 Å². The molecule has 2 aromatic rings. The van der Waals surface area contributed by atoms with Crippen LogP contribution >= 0.6 is 11.6 Å². The number of rotatable bonds is 6. The summed E-state index contributed by atoms with van der Waals surface area (Å²) in [7, 11) is 0. The molecule has 1 aliphatic rings. The zero-order valence-corrected chi connectivity index (χ0v) is 16.7. The Morgan fingerprint density at radius 2 is 1.86 bits per heavy atom. The normalized spacial score (nSPS) is 16.5. The van der Waals surface area contributed by atoms with Crippen molar-refractivity contribution in [1.82, 2.24) is 4.90 Å². The van der Waals surface area contributed by atoms with Crippen LogP contribution in [0.4, 0.5) is 0 Å². The number of ether oxygens (including phenoxy) is 2. The average Bonchev–Trinajstić information content (AvgIpc) is 2.72. The molecule has 1 fully saturated rings. The first-order chi connectivity index (χ1) is 13.5. The fourth-order valence-electron chi connectivity index (χ4n) is 3.26. The van der Waals surface area contributed by atoms with Gasteiger partial charge in [0.25, 0.3) is 5.91 Å². The predicted octanol–water partition coefficient (Wildman–Crippen LogP) is 4.48. The molecule has 0 unspecified atom stereocenters. The molecule has 1 aliphatic heterocycles. The van der Waals surface area contributed by atoms with Crippen LogP contribution in [0.25, 0.3) is 0 Å². The topological polar surface area (TPSA) is 55.8 Å². The molecule has 3 rings (SSSR count). The Balaban J connectivity index is 1.59. The van der Waals surface area contributed by atoms with Crippen LogP contribution in [0, 0.1) is 0 Å². The summed E-state index contributed by atoms with van der Waals surface area (Å²) in [6, 6.07) is 14.4. The number of carbonyl (C=O) groups excluding carboxylic acids is 2. The van der Waals surface area contributed by atoms with Crippen LogP contribution in [0.3, 0.4) is 0 Å². The van der Waals surface area contributed by atoms with E-state index in [2.05, 4.69) is 0 Å². The lowest BCUT2D eigenvalue weighted by Crippen LogP contribution is -2.44. The summed E-state index contributed by atoms with van der Waals surface area (Å²) in [6.45, 7) is 2.79. The van der Waals surface area contributed by atoms with E-state index in [9.17, 15) is 9.59 Å². The van der Waals surface area contributed by atoms with E-state index in [1.54, 1.807) is 41.3 Å². The fourth-order valence-corrected chi connectivity index (χ4v) is 3.39. The standard InChI is InChI=1S/C22H24ClNO4/c1-16-6-4-5-13-24(16)21(25)15-28-22(26)19-7-2-3-8-20(19)27-14-17-9-11-18(23)12-10-17/h2-3,7-12,16H,4-6,13-15H2,1H3/t16-/m1/s1. The second-order valence-corrected chi connectivity index (χ2v) is 7.36. The number of esters is 1. The van der Waals surface area contributed by atoms with Gasteiger partial charge in [-0.15, -0.1) is 0 Å². The van der Waals surface area contributed by atoms with Gasteiger partial charge in [0.05, 0.1) is 0 Å². The summed E-state index contributed by atoms with van der Waals surface area (Å²) < 4.78 is 11.1. The van der Waals surface area contributed by atoms with Crippen molar-refractivity contribution < 1.29 is 19.1 Å². The Hall–Kier alpha value is -2.53. The monoisotopic (exact) mass is 401 g/mol. The van der Waals surface area contributed by atoms with E-state index in [1.807, 2.05) is 19.1 Å². The number of carbonyl (C=O) groups is 2. The van der Waals surface area contributed by atoms with E-state index in [4.69, 9.17) is 21.1 Å². The van der Waals surface area contributed by atoms with Gasteiger partial charge in [-0.3, -0.25) is 4.79 Å². The van der Waals surface area contributed by atoms with Gasteiger partial charge in [-0.05, 0) is 56.0 Å². The Morgan fingerprint density at radius 1 is 1.11 bits per heavy atom. The maximum atomic E-state index is 12.5. The van der Waals surface area contributed by atoms with Crippen molar-refractivity contribution in [3.8, 4) is 5.75 Å². The summed E-state index contributed by atoms with van der Waals surface area (Å²) in [6.07, 6.45) is 3.11. The van der Waals surface area contributed by atoms with E-state index in [1.165, 1.54) is 0 Å². The molecule has 0 aliphatic carbocycles. The molecular formula is C22H24ClNO4. The van der Waals surface area contributed by atoms with Crippen molar-refractivity contribution in [3.63, 3.8) is 0 Å². The van der Waals surface area contributed by atoms with Gasteiger partial charge >= 0.3 is 5.97 Å². The second kappa shape index (κ2) is 9.60. The van der Waals surface area contributed by atoms with Gasteiger partial charge in [-0.25, -0.2) is 4.79 Å². The summed E-state index contributed by atoms with van der Waals surface area (Å²) in [5.41, 5.74) is 1.23. The number of likely N-dealkylation sites (tertiary alicyclic amines) is 1. The number of hydrogen-bond acceptors (Lipinski definition) is 4. The first-order valence-corrected chi connectivity index (χ1v) is 9.85. The molecule has 0 spiro atoms. The number of amides is 1. The highest BCUT2D eigenvalue weighted by atomic mass is 35.5. The number of piperidine rings is 1. The fraction of sp³-hybridized carbons (Fsp3) is 0.364. The zero-order chi connectivity index (χ0) is 19.9. The minimum atomic E-state index is -0.565. The number of hydrogen-bond donors (Lipinski definition) is 0. The Labute approximate surface area is 170 Å². The third-order valence-corrected chi connectivity index (χ3v) is 5.12. The lowest BCUT2D eigenvalue weighted by molar-refractivity contribution is -0.137. The lowest BCUT2D eigenvalue weighted by atomic mass is 10.0. The maximum Gasteiger partial charge on any atom is 0.342 e. The van der Waals surface area contributed by atoms with E-state index < -0.39 is 5.97 Å². The van der Waals surface area contributed by atoms with Crippen molar-refractivity contribution in [3.05, 3.63) is 64.7 Å². The highest BCUT2D eigenvalue weighted by Crippen LogP contribution is 2.21. The van der Waals surface area contributed by atoms with Crippen LogP contribution in [0.2, 0.25) is 5.02 Å². The van der Waals surface area contributed by atoms with E-state index >= 15 is 0 Å². The number of halogens is 1. The molecule has 148 valence electrons. The molecule has 0 N–H and O–H groups in total. The second-order valence-electron chi connectivity index (χ2n) is 6.92. The maximum absolute atomic E-state index is 12.5. The van der Waals surface area contributed by atoms with Gasteiger partial charge < -0.3 is 14.4 Å². The number of para-hydroxylation sites is 1. The molecule has 28 heavy (non-hydrogen) atoms. The van der Waals surface area contributed by atoms with Crippen LogP contribution in [-0.2, 0) is 16.1 Å². The Kier molecular flexibility index (Phi) is 6.93. The van der Waals surface area contributed by atoms with Crippen LogP contribution in [-0.4, -0.2) is 36.0 Å². The molecule has 1 atom stereocenters. The molecule has 0 saturated carbocycles. The minimum Gasteiger partial charge on any atom is -0.488 e. The van der Waals surface area contributed by atoms with Crippen molar-refractivity contribution in [2.24, 2.45) is 0 Å². The highest BCUT2D eigenvalue weighted by Gasteiger charge is 2.24. The largest absolute Gasteiger partial charge is 0.488 e. The van der Waals surface area contributed by atoms with Crippen LogP contribution < -0.4 is 4.74 Å². The van der Waals surface area contributed by atoms with Crippen molar-refractivity contribution >= 4 is 23.5 Å². The van der Waals surface area contributed by atoms with Crippen molar-refractivity contribution in [2.45, 2.75) is 38.8 Å². The molecule has 1 amide bonds. The van der Waals surface area contributed by atoms with Crippen LogP contribution in [0.15, 0.2) is 48.5 Å². The number of benzene rings is 2. The smallest absolute Gasteiger partial charge is 0.342 e. The predicted molar refractivity (Wildman–Crippen MR) is 108 cm³/mol. The first-order valence-electron chi connectivity index (χ1n) is 9.47. The Morgan fingerprint density at radius 3 is 2.61 bits per heavy atom. The molecule has 2 aromatic carbocycles. The van der Waals surface area contributed by atoms with Gasteiger partial charge in [0.2, 0.25) is 0 Å². The number of nitrogens with zero attached hydrogens (tertiary/aromatic N) is 1. The molecule has 6 heteroatoms. The van der Waals surface area contributed by atoms with Gasteiger partial charge in [0.1, 0.15) is 17.9 Å². The molecule has 0 aromatic heterocycles. The molecule has 0 bridgehead atoms. The van der Waals surface area contributed by atoms with Crippen LogP contribution in [0.1, 0.15) is 42.1 Å². The van der Waals surface area contributed by atoms with E-state index in [0.29, 0.717) is 22.9 Å². The summed E-state index contributed by atoms with van der Waals surface area (Å²) >= 11 is 5.89. The van der Waals surface area contributed by atoms with Gasteiger partial charge in [0, 0.05) is 17.6 Å². The van der Waals surface area contributed by atoms with Gasteiger partial charge in [0.15, 0.2) is 6.61 Å². The van der Waals surface area contributed by atoms with Gasteiger partial charge in [-0.2, -0.15) is 0 Å². The average molecular weight is 402 g/mol. The van der Waals surface area contributed by atoms with E-state index in [-0.39, 0.29) is 18.6 Å². The van der Waals surface area contributed by atoms with Crippen LogP contribution in [0.5, 0.6) is 5.75 Å². The van der Waals surface area contributed by atoms with Crippen molar-refractivity contribution in [2.75, 3.05) is 13.2 Å². The highest BCUT2D eigenvalue weighted by molar-refractivity contribution is 6.30. The third kappa shape index (κ3) is 5.26. The molecule has 5 nitrogen and oxygen atoms in total. The summed E-state index contributed by atoms with van der Waals surface area (Å²) in [5, 5.41) is 0.653. The molecule has 1 saturated heterocycles. The van der Waals surface area contributed by atoms with E-state index in [0.717, 1.165) is 31.4 Å². The SMILES string of the molecule is C[C@@H]1CCCCN1C(=O)COC(=O)c1ccccc1OCc1ccc(Cl)cc1. The third-order valence-electron chi connectivity index (χ3n) is 4.86. The molecular weight excluding hydrogens is 378 g/mol. The Bertz CT molecular complexity index is 822.